The van der Waals surface area contributed by atoms with E-state index in [1.807, 2.05) is 0 Å². The quantitative estimate of drug-likeness (QED) is 0.910. The largest absolute Gasteiger partial charge is 0.381 e. The average Bonchev–Trinajstić information content (AvgIpc) is 2.99. The number of aryl methyl sites for hydroxylation is 1. The van der Waals surface area contributed by atoms with Crippen LogP contribution < -0.4 is 5.32 Å². The summed E-state index contributed by atoms with van der Waals surface area (Å²) in [4.78, 5) is 0. The molecule has 0 saturated carbocycles. The lowest BCUT2D eigenvalue weighted by Gasteiger charge is -2.27. The van der Waals surface area contributed by atoms with E-state index in [1.54, 1.807) is 0 Å². The van der Waals surface area contributed by atoms with Crippen LogP contribution >= 0.6 is 0 Å². The highest BCUT2D eigenvalue weighted by Crippen LogP contribution is 2.35. The molecule has 20 heavy (non-hydrogen) atoms. The van der Waals surface area contributed by atoms with Gasteiger partial charge in [-0.15, -0.1) is 0 Å². The van der Waals surface area contributed by atoms with Crippen molar-refractivity contribution in [2.45, 2.75) is 26.3 Å². The van der Waals surface area contributed by atoms with Gasteiger partial charge in [-0.1, -0.05) is 43.3 Å². The molecule has 2 nitrogen and oxygen atoms in total. The zero-order chi connectivity index (χ0) is 13.9. The normalized spacial score (nSPS) is 20.4. The van der Waals surface area contributed by atoms with Gasteiger partial charge in [-0.3, -0.25) is 0 Å². The SMILES string of the molecule is CCNC(c1c(C)ccc2ccccc12)C1CCOC1. The molecular formula is C18H23NO. The maximum absolute atomic E-state index is 5.62. The fourth-order valence-corrected chi connectivity index (χ4v) is 3.36. The first kappa shape index (κ1) is 13.6. The molecular weight excluding hydrogens is 246 g/mol. The lowest BCUT2D eigenvalue weighted by molar-refractivity contribution is 0.177. The molecule has 106 valence electrons. The third-order valence-corrected chi connectivity index (χ3v) is 4.36. The minimum absolute atomic E-state index is 0.397. The van der Waals surface area contributed by atoms with Gasteiger partial charge in [-0.25, -0.2) is 0 Å². The fraction of sp³-hybridized carbons (Fsp3) is 0.444. The Kier molecular flexibility index (Phi) is 4.04. The van der Waals surface area contributed by atoms with Gasteiger partial charge < -0.3 is 10.1 Å². The van der Waals surface area contributed by atoms with Gasteiger partial charge in [0.2, 0.25) is 0 Å². The lowest BCUT2D eigenvalue weighted by Crippen LogP contribution is -2.29. The summed E-state index contributed by atoms with van der Waals surface area (Å²) < 4.78 is 5.62. The summed E-state index contributed by atoms with van der Waals surface area (Å²) in [6.07, 6.45) is 1.15. The molecule has 2 atom stereocenters. The monoisotopic (exact) mass is 269 g/mol. The van der Waals surface area contributed by atoms with E-state index in [2.05, 4.69) is 55.6 Å². The summed E-state index contributed by atoms with van der Waals surface area (Å²) in [6.45, 7) is 7.17. The topological polar surface area (TPSA) is 21.3 Å². The van der Waals surface area contributed by atoms with Crippen molar-refractivity contribution in [3.63, 3.8) is 0 Å². The standard InChI is InChI=1S/C18H23NO/c1-3-19-18(15-10-11-20-12-15)17-13(2)8-9-14-6-4-5-7-16(14)17/h4-9,15,18-19H,3,10-12H2,1-2H3. The van der Waals surface area contributed by atoms with E-state index < -0.39 is 0 Å². The Hall–Kier alpha value is -1.38. The highest BCUT2D eigenvalue weighted by Gasteiger charge is 2.28. The molecule has 1 fully saturated rings. The van der Waals surface area contributed by atoms with Gasteiger partial charge in [-0.2, -0.15) is 0 Å². The number of nitrogens with one attached hydrogen (secondary N) is 1. The predicted molar refractivity (Wildman–Crippen MR) is 84.0 cm³/mol. The predicted octanol–water partition coefficient (Wildman–Crippen LogP) is 3.84. The number of fused-ring (bicyclic) bond motifs is 1. The molecule has 3 rings (SSSR count). The molecule has 0 bridgehead atoms. The molecule has 1 N–H and O–H groups in total. The zero-order valence-corrected chi connectivity index (χ0v) is 12.4. The molecule has 2 aromatic carbocycles. The minimum atomic E-state index is 0.397. The van der Waals surface area contributed by atoms with E-state index in [4.69, 9.17) is 4.74 Å². The molecule has 2 heteroatoms. The molecule has 0 amide bonds. The van der Waals surface area contributed by atoms with Gasteiger partial charge in [0, 0.05) is 18.6 Å². The van der Waals surface area contributed by atoms with Gasteiger partial charge in [-0.05, 0) is 41.8 Å². The van der Waals surface area contributed by atoms with Gasteiger partial charge >= 0.3 is 0 Å². The summed E-state index contributed by atoms with van der Waals surface area (Å²) in [5.74, 6) is 0.583. The Morgan fingerprint density at radius 3 is 2.85 bits per heavy atom. The highest BCUT2D eigenvalue weighted by molar-refractivity contribution is 5.87. The fourth-order valence-electron chi connectivity index (χ4n) is 3.36. The second-order valence-electron chi connectivity index (χ2n) is 5.68. The van der Waals surface area contributed by atoms with Gasteiger partial charge in [0.1, 0.15) is 0 Å². The maximum Gasteiger partial charge on any atom is 0.0513 e. The van der Waals surface area contributed by atoms with E-state index in [9.17, 15) is 0 Å². The van der Waals surface area contributed by atoms with E-state index in [0.29, 0.717) is 12.0 Å². The Bertz CT molecular complexity index is 587. The molecule has 0 spiro atoms. The summed E-state index contributed by atoms with van der Waals surface area (Å²) in [6, 6.07) is 13.6. The van der Waals surface area contributed by atoms with E-state index in [1.165, 1.54) is 21.9 Å². The summed E-state index contributed by atoms with van der Waals surface area (Å²) in [5, 5.41) is 6.40. The molecule has 0 aliphatic carbocycles. The molecule has 1 heterocycles. The Morgan fingerprint density at radius 2 is 2.10 bits per heavy atom. The first-order valence-electron chi connectivity index (χ1n) is 7.60. The van der Waals surface area contributed by atoms with Crippen molar-refractivity contribution >= 4 is 10.8 Å². The molecule has 1 aliphatic rings. The number of ether oxygens (including phenoxy) is 1. The first-order valence-corrected chi connectivity index (χ1v) is 7.60. The lowest BCUT2D eigenvalue weighted by atomic mass is 9.86. The van der Waals surface area contributed by atoms with Crippen molar-refractivity contribution in [1.82, 2.24) is 5.32 Å². The molecule has 1 aliphatic heterocycles. The van der Waals surface area contributed by atoms with E-state index in [-0.39, 0.29) is 0 Å². The van der Waals surface area contributed by atoms with Crippen molar-refractivity contribution in [2.24, 2.45) is 5.92 Å². The summed E-state index contributed by atoms with van der Waals surface area (Å²) in [5.41, 5.74) is 2.84. The van der Waals surface area contributed by atoms with Crippen LogP contribution in [0.15, 0.2) is 36.4 Å². The Morgan fingerprint density at radius 1 is 1.25 bits per heavy atom. The Balaban J connectivity index is 2.11. The minimum Gasteiger partial charge on any atom is -0.381 e. The van der Waals surface area contributed by atoms with Gasteiger partial charge in [0.25, 0.3) is 0 Å². The molecule has 2 aromatic rings. The van der Waals surface area contributed by atoms with Crippen LogP contribution in [0, 0.1) is 12.8 Å². The second kappa shape index (κ2) is 5.94. The van der Waals surface area contributed by atoms with Crippen LogP contribution in [0.3, 0.4) is 0 Å². The zero-order valence-electron chi connectivity index (χ0n) is 12.4. The van der Waals surface area contributed by atoms with Crippen LogP contribution in [0.2, 0.25) is 0 Å². The smallest absolute Gasteiger partial charge is 0.0513 e. The Labute approximate surface area is 121 Å². The maximum atomic E-state index is 5.62. The second-order valence-corrected chi connectivity index (χ2v) is 5.68. The summed E-state index contributed by atoms with van der Waals surface area (Å²) in [7, 11) is 0. The molecule has 2 unspecified atom stereocenters. The number of hydrogen-bond donors (Lipinski definition) is 1. The van der Waals surface area contributed by atoms with Crippen molar-refractivity contribution < 1.29 is 4.74 Å². The van der Waals surface area contributed by atoms with Gasteiger partial charge in [0.05, 0.1) is 6.61 Å². The van der Waals surface area contributed by atoms with Crippen LogP contribution in [-0.2, 0) is 4.74 Å². The number of benzene rings is 2. The third-order valence-electron chi connectivity index (χ3n) is 4.36. The van der Waals surface area contributed by atoms with Crippen molar-refractivity contribution in [1.29, 1.82) is 0 Å². The highest BCUT2D eigenvalue weighted by atomic mass is 16.5. The average molecular weight is 269 g/mol. The molecule has 1 saturated heterocycles. The van der Waals surface area contributed by atoms with Crippen LogP contribution in [0.25, 0.3) is 10.8 Å². The van der Waals surface area contributed by atoms with Crippen molar-refractivity contribution in [2.75, 3.05) is 19.8 Å². The molecule has 0 aromatic heterocycles. The molecule has 0 radical (unpaired) electrons. The van der Waals surface area contributed by atoms with Crippen molar-refractivity contribution in [3.8, 4) is 0 Å². The first-order chi connectivity index (χ1) is 9.81. The van der Waals surface area contributed by atoms with Gasteiger partial charge in [0.15, 0.2) is 0 Å². The van der Waals surface area contributed by atoms with E-state index >= 15 is 0 Å². The number of hydrogen-bond acceptors (Lipinski definition) is 2. The van der Waals surface area contributed by atoms with Crippen LogP contribution in [0.4, 0.5) is 0 Å². The third kappa shape index (κ3) is 2.46. The van der Waals surface area contributed by atoms with Crippen LogP contribution in [0.1, 0.15) is 30.5 Å². The van der Waals surface area contributed by atoms with Crippen molar-refractivity contribution in [3.05, 3.63) is 47.5 Å². The van der Waals surface area contributed by atoms with Crippen LogP contribution in [0.5, 0.6) is 0 Å². The van der Waals surface area contributed by atoms with E-state index in [0.717, 1.165) is 26.2 Å². The number of rotatable bonds is 4. The summed E-state index contributed by atoms with van der Waals surface area (Å²) >= 11 is 0. The van der Waals surface area contributed by atoms with Crippen LogP contribution in [-0.4, -0.2) is 19.8 Å².